The van der Waals surface area contributed by atoms with E-state index in [4.69, 9.17) is 4.74 Å². The third kappa shape index (κ3) is 3.37. The first kappa shape index (κ1) is 16.2. The van der Waals surface area contributed by atoms with Crippen molar-refractivity contribution in [2.75, 3.05) is 25.5 Å². The van der Waals surface area contributed by atoms with E-state index in [-0.39, 0.29) is 11.6 Å². The molecule has 0 saturated carbocycles. The van der Waals surface area contributed by atoms with Crippen molar-refractivity contribution in [1.29, 1.82) is 0 Å². The highest BCUT2D eigenvalue weighted by molar-refractivity contribution is 7.89. The summed E-state index contributed by atoms with van der Waals surface area (Å²) < 4.78 is 34.6. The lowest BCUT2D eigenvalue weighted by Crippen LogP contribution is -2.40. The number of imidazole rings is 1. The van der Waals surface area contributed by atoms with Crippen LogP contribution in [0.4, 0.5) is 5.82 Å². The first-order chi connectivity index (χ1) is 9.80. The van der Waals surface area contributed by atoms with E-state index in [1.54, 1.807) is 23.1 Å². The molecule has 0 fully saturated rings. The van der Waals surface area contributed by atoms with Crippen LogP contribution >= 0.6 is 11.3 Å². The monoisotopic (exact) mass is 332 g/mol. The predicted octanol–water partition coefficient (Wildman–Crippen LogP) is 1.53. The number of ether oxygens (including phenoxy) is 1. The van der Waals surface area contributed by atoms with Gasteiger partial charge in [0, 0.05) is 31.8 Å². The second kappa shape index (κ2) is 5.91. The maximum Gasteiger partial charge on any atom is 0.260 e. The Balaban J connectivity index is 2.38. The van der Waals surface area contributed by atoms with Crippen LogP contribution in [0.25, 0.3) is 4.96 Å². The Morgan fingerprint density at radius 2 is 2.19 bits per heavy atom. The Morgan fingerprint density at radius 1 is 1.48 bits per heavy atom. The minimum Gasteiger partial charge on any atom is -0.377 e. The van der Waals surface area contributed by atoms with Crippen molar-refractivity contribution in [3.8, 4) is 0 Å². The fourth-order valence-electron chi connectivity index (χ4n) is 1.71. The maximum absolute atomic E-state index is 12.6. The van der Waals surface area contributed by atoms with Gasteiger partial charge in [-0.15, -0.1) is 11.3 Å². The highest BCUT2D eigenvalue weighted by Gasteiger charge is 2.28. The number of anilines is 1. The van der Waals surface area contributed by atoms with E-state index < -0.39 is 15.6 Å². The van der Waals surface area contributed by atoms with Crippen molar-refractivity contribution >= 4 is 32.1 Å². The second-order valence-electron chi connectivity index (χ2n) is 5.14. The van der Waals surface area contributed by atoms with Crippen LogP contribution in [0.2, 0.25) is 0 Å². The molecule has 0 unspecified atom stereocenters. The number of fused-ring (bicyclic) bond motifs is 1. The Labute approximate surface area is 128 Å². The topological polar surface area (TPSA) is 84.7 Å². The van der Waals surface area contributed by atoms with E-state index in [9.17, 15) is 8.42 Å². The maximum atomic E-state index is 12.6. The molecule has 2 heterocycles. The lowest BCUT2D eigenvalue weighted by atomic mass is 10.1. The molecule has 9 heteroatoms. The van der Waals surface area contributed by atoms with Crippen LogP contribution in [0.3, 0.4) is 0 Å². The summed E-state index contributed by atoms with van der Waals surface area (Å²) in [6.07, 6.45) is 1.70. The first-order valence-corrected chi connectivity index (χ1v) is 8.91. The van der Waals surface area contributed by atoms with Crippen LogP contribution in [0.1, 0.15) is 20.8 Å². The summed E-state index contributed by atoms with van der Waals surface area (Å²) in [5.41, 5.74) is -0.579. The minimum absolute atomic E-state index is 0.132. The summed E-state index contributed by atoms with van der Waals surface area (Å²) >= 11 is 1.39. The number of hydrogen-bond acceptors (Lipinski definition) is 6. The van der Waals surface area contributed by atoms with Gasteiger partial charge in [0.1, 0.15) is 0 Å². The zero-order chi connectivity index (χ0) is 15.7. The summed E-state index contributed by atoms with van der Waals surface area (Å²) in [5, 5.41) is 4.93. The molecular formula is C12H20N4O3S2. The number of methoxy groups -OCH3 is 1. The number of aromatic nitrogens is 2. The van der Waals surface area contributed by atoms with Gasteiger partial charge < -0.3 is 10.1 Å². The van der Waals surface area contributed by atoms with Crippen LogP contribution in [-0.4, -0.2) is 43.6 Å². The highest BCUT2D eigenvalue weighted by Crippen LogP contribution is 2.25. The number of nitrogens with zero attached hydrogens (tertiary/aromatic N) is 2. The number of rotatable bonds is 7. The predicted molar refractivity (Wildman–Crippen MR) is 83.5 cm³/mol. The second-order valence-corrected chi connectivity index (χ2v) is 7.70. The first-order valence-electron chi connectivity index (χ1n) is 6.55. The Hall–Kier alpha value is -1.16. The van der Waals surface area contributed by atoms with Crippen LogP contribution < -0.4 is 10.0 Å². The SMILES string of the molecule is CCNc1nc2sccn2c1S(=O)(=O)NCC(C)(C)OC. The van der Waals surface area contributed by atoms with E-state index in [2.05, 4.69) is 15.0 Å². The van der Waals surface area contributed by atoms with Crippen molar-refractivity contribution in [2.24, 2.45) is 0 Å². The van der Waals surface area contributed by atoms with Gasteiger partial charge in [-0.1, -0.05) is 0 Å². The zero-order valence-electron chi connectivity index (χ0n) is 12.5. The van der Waals surface area contributed by atoms with Gasteiger partial charge >= 0.3 is 0 Å². The molecule has 0 aliphatic carbocycles. The van der Waals surface area contributed by atoms with Gasteiger partial charge in [-0.2, -0.15) is 0 Å². The fourth-order valence-corrected chi connectivity index (χ4v) is 3.94. The van der Waals surface area contributed by atoms with Gasteiger partial charge in [-0.25, -0.2) is 18.1 Å². The molecule has 0 aliphatic rings. The third-order valence-electron chi connectivity index (χ3n) is 3.06. The van der Waals surface area contributed by atoms with E-state index in [1.807, 2.05) is 20.8 Å². The molecule has 0 aliphatic heterocycles. The van der Waals surface area contributed by atoms with Gasteiger partial charge in [0.2, 0.25) is 0 Å². The summed E-state index contributed by atoms with van der Waals surface area (Å²) in [7, 11) is -2.15. The van der Waals surface area contributed by atoms with Gasteiger partial charge in [0.15, 0.2) is 15.8 Å². The average molecular weight is 332 g/mol. The molecule has 0 amide bonds. The highest BCUT2D eigenvalue weighted by atomic mass is 32.2. The number of nitrogens with one attached hydrogen (secondary N) is 2. The molecule has 2 N–H and O–H groups in total. The largest absolute Gasteiger partial charge is 0.377 e. The van der Waals surface area contributed by atoms with Crippen molar-refractivity contribution < 1.29 is 13.2 Å². The van der Waals surface area contributed by atoms with Crippen LogP contribution in [-0.2, 0) is 14.8 Å². The molecule has 0 spiro atoms. The molecular weight excluding hydrogens is 312 g/mol. The Kier molecular flexibility index (Phi) is 4.57. The van der Waals surface area contributed by atoms with E-state index >= 15 is 0 Å². The number of sulfonamides is 1. The molecule has 7 nitrogen and oxygen atoms in total. The third-order valence-corrected chi connectivity index (χ3v) is 5.24. The van der Waals surface area contributed by atoms with Gasteiger partial charge in [-0.3, -0.25) is 4.40 Å². The van der Waals surface area contributed by atoms with E-state index in [0.717, 1.165) is 0 Å². The van der Waals surface area contributed by atoms with E-state index in [0.29, 0.717) is 17.3 Å². The molecule has 2 aromatic rings. The quantitative estimate of drug-likeness (QED) is 0.803. The normalized spacial score (nSPS) is 13.0. The molecule has 2 rings (SSSR count). The molecule has 0 atom stereocenters. The number of hydrogen-bond donors (Lipinski definition) is 2. The molecule has 21 heavy (non-hydrogen) atoms. The minimum atomic E-state index is -3.69. The van der Waals surface area contributed by atoms with Crippen LogP contribution in [0.5, 0.6) is 0 Å². The van der Waals surface area contributed by atoms with Crippen molar-refractivity contribution in [2.45, 2.75) is 31.4 Å². The summed E-state index contributed by atoms with van der Waals surface area (Å²) in [4.78, 5) is 4.95. The van der Waals surface area contributed by atoms with Crippen molar-refractivity contribution in [3.63, 3.8) is 0 Å². The molecule has 0 aromatic carbocycles. The Bertz CT molecular complexity index is 718. The van der Waals surface area contributed by atoms with Gasteiger partial charge in [-0.05, 0) is 20.8 Å². The van der Waals surface area contributed by atoms with Gasteiger partial charge in [0.05, 0.1) is 5.60 Å². The molecule has 0 saturated heterocycles. The summed E-state index contributed by atoms with van der Waals surface area (Å²) in [6, 6.07) is 0. The fraction of sp³-hybridized carbons (Fsp3) is 0.583. The average Bonchev–Trinajstić information content (AvgIpc) is 2.97. The molecule has 118 valence electrons. The summed E-state index contributed by atoms with van der Waals surface area (Å²) in [6.45, 7) is 6.30. The number of thiazole rings is 1. The lowest BCUT2D eigenvalue weighted by molar-refractivity contribution is 0.0276. The van der Waals surface area contributed by atoms with Crippen molar-refractivity contribution in [1.82, 2.24) is 14.1 Å². The molecule has 0 bridgehead atoms. The van der Waals surface area contributed by atoms with Crippen molar-refractivity contribution in [3.05, 3.63) is 11.6 Å². The molecule has 2 aromatic heterocycles. The zero-order valence-corrected chi connectivity index (χ0v) is 14.1. The standard InChI is InChI=1S/C12H20N4O3S2/c1-5-13-9-10(16-6-7-20-11(16)15-9)21(17,18)14-8-12(2,3)19-4/h6-7,13-14H,5,8H2,1-4H3. The van der Waals surface area contributed by atoms with Gasteiger partial charge in [0.25, 0.3) is 10.0 Å². The van der Waals surface area contributed by atoms with Crippen LogP contribution in [0.15, 0.2) is 16.6 Å². The van der Waals surface area contributed by atoms with Crippen LogP contribution in [0, 0.1) is 0 Å². The molecule has 0 radical (unpaired) electrons. The van der Waals surface area contributed by atoms with E-state index in [1.165, 1.54) is 11.3 Å². The smallest absolute Gasteiger partial charge is 0.260 e. The summed E-state index contributed by atoms with van der Waals surface area (Å²) in [5.74, 6) is 0.368. The lowest BCUT2D eigenvalue weighted by Gasteiger charge is -2.23. The Morgan fingerprint density at radius 3 is 2.81 bits per heavy atom.